The van der Waals surface area contributed by atoms with Crippen LogP contribution in [-0.2, 0) is 22.6 Å². The molecule has 1 saturated heterocycles. The molecule has 3 aromatic heterocycles. The third kappa shape index (κ3) is 6.99. The number of fused-ring (bicyclic) bond motifs is 1. The molecule has 194 valence electrons. The summed E-state index contributed by atoms with van der Waals surface area (Å²) in [7, 11) is 2.24. The number of carboxylic acids is 2. The minimum Gasteiger partial charge on any atom is -0.473 e. The van der Waals surface area contributed by atoms with Gasteiger partial charge in [0.1, 0.15) is 12.7 Å². The average Bonchev–Trinajstić information content (AvgIpc) is 3.65. The van der Waals surface area contributed by atoms with Crippen LogP contribution >= 0.6 is 0 Å². The summed E-state index contributed by atoms with van der Waals surface area (Å²) in [6, 6.07) is 13.5. The van der Waals surface area contributed by atoms with Crippen molar-refractivity contribution in [2.45, 2.75) is 31.8 Å². The fourth-order valence-corrected chi connectivity index (χ4v) is 4.71. The fourth-order valence-electron chi connectivity index (χ4n) is 4.71. The van der Waals surface area contributed by atoms with Crippen LogP contribution in [0.1, 0.15) is 24.0 Å². The number of aromatic nitrogens is 5. The summed E-state index contributed by atoms with van der Waals surface area (Å²) in [5.74, 6) is -2.85. The lowest BCUT2D eigenvalue weighted by molar-refractivity contribution is -0.159. The highest BCUT2D eigenvalue weighted by atomic mass is 16.4. The first-order chi connectivity index (χ1) is 17.9. The van der Waals surface area contributed by atoms with E-state index in [9.17, 15) is 0 Å². The molecule has 11 heteroatoms. The molecule has 0 unspecified atom stereocenters. The van der Waals surface area contributed by atoms with Crippen LogP contribution in [-0.4, -0.2) is 89.4 Å². The van der Waals surface area contributed by atoms with E-state index in [0.29, 0.717) is 6.04 Å². The second-order valence-electron chi connectivity index (χ2n) is 9.12. The zero-order chi connectivity index (χ0) is 26.2. The molecule has 4 aromatic rings. The van der Waals surface area contributed by atoms with Gasteiger partial charge in [0.05, 0.1) is 11.7 Å². The monoisotopic (exact) mass is 505 g/mol. The normalized spacial score (nSPS) is 15.6. The van der Waals surface area contributed by atoms with Crippen LogP contribution in [0.3, 0.4) is 0 Å². The standard InChI is InChI=1S/C24H29N7.C2H2O4/c1-29(15-19-6-3-2-4-7-19)16-21-8-5-10-30(21)11-9-20-13-26-23-14-27-24(12-22(20)23)31-18-25-17-28-31;3-1(4)2(5)6/h2-4,6-7,12-14,17-18,21,26H,5,8-11,15-16H2,1H3;(H,3,4)(H,5,6)/t21-;/m0./s1. The first kappa shape index (κ1) is 26.0. The van der Waals surface area contributed by atoms with Crippen LogP contribution in [0, 0.1) is 0 Å². The smallest absolute Gasteiger partial charge is 0.414 e. The van der Waals surface area contributed by atoms with E-state index >= 15 is 0 Å². The lowest BCUT2D eigenvalue weighted by atomic mass is 10.1. The number of benzene rings is 1. The number of pyridine rings is 1. The van der Waals surface area contributed by atoms with Crippen molar-refractivity contribution in [1.82, 2.24) is 34.5 Å². The van der Waals surface area contributed by atoms with Gasteiger partial charge in [0.25, 0.3) is 0 Å². The van der Waals surface area contributed by atoms with Crippen LogP contribution in [0.5, 0.6) is 0 Å². The number of nitrogens with one attached hydrogen (secondary N) is 1. The minimum atomic E-state index is -1.82. The maximum absolute atomic E-state index is 9.10. The quantitative estimate of drug-likeness (QED) is 0.308. The Morgan fingerprint density at radius 1 is 1.19 bits per heavy atom. The highest BCUT2D eigenvalue weighted by Crippen LogP contribution is 2.23. The highest BCUT2D eigenvalue weighted by molar-refractivity contribution is 6.27. The number of aliphatic carboxylic acids is 2. The fraction of sp³-hybridized carbons (Fsp3) is 0.346. The van der Waals surface area contributed by atoms with Gasteiger partial charge in [-0.2, -0.15) is 5.10 Å². The first-order valence-corrected chi connectivity index (χ1v) is 12.1. The van der Waals surface area contributed by atoms with Crippen molar-refractivity contribution >= 4 is 22.8 Å². The Hall–Kier alpha value is -4.09. The molecule has 0 radical (unpaired) electrons. The number of nitrogens with zero attached hydrogens (tertiary/aromatic N) is 6. The second kappa shape index (κ2) is 12.2. The number of hydrogen-bond acceptors (Lipinski definition) is 7. The maximum Gasteiger partial charge on any atom is 0.414 e. The van der Waals surface area contributed by atoms with E-state index in [1.54, 1.807) is 11.0 Å². The molecular weight excluding hydrogens is 474 g/mol. The van der Waals surface area contributed by atoms with Gasteiger partial charge in [-0.3, -0.25) is 4.90 Å². The number of hydrogen-bond donors (Lipinski definition) is 3. The molecule has 0 bridgehead atoms. The minimum absolute atomic E-state index is 0.631. The molecule has 3 N–H and O–H groups in total. The summed E-state index contributed by atoms with van der Waals surface area (Å²) in [5, 5.41) is 20.2. The van der Waals surface area contributed by atoms with Gasteiger partial charge in [-0.1, -0.05) is 30.3 Å². The molecule has 5 rings (SSSR count). The van der Waals surface area contributed by atoms with Crippen LogP contribution in [0.2, 0.25) is 0 Å². The van der Waals surface area contributed by atoms with Crippen molar-refractivity contribution in [2.75, 3.05) is 26.7 Å². The van der Waals surface area contributed by atoms with Crippen molar-refractivity contribution in [3.63, 3.8) is 0 Å². The number of carbonyl (C=O) groups is 2. The van der Waals surface area contributed by atoms with E-state index in [-0.39, 0.29) is 0 Å². The van der Waals surface area contributed by atoms with Crippen LogP contribution in [0.15, 0.2) is 61.4 Å². The van der Waals surface area contributed by atoms with Gasteiger partial charge >= 0.3 is 11.9 Å². The molecule has 1 aromatic carbocycles. The molecule has 11 nitrogen and oxygen atoms in total. The van der Waals surface area contributed by atoms with Gasteiger partial charge in [-0.05, 0) is 50.0 Å². The van der Waals surface area contributed by atoms with Gasteiger partial charge in [0.2, 0.25) is 0 Å². The lowest BCUT2D eigenvalue weighted by Crippen LogP contribution is -2.39. The number of H-pyrrole nitrogens is 1. The summed E-state index contributed by atoms with van der Waals surface area (Å²) < 4.78 is 1.70. The first-order valence-electron chi connectivity index (χ1n) is 12.1. The summed E-state index contributed by atoms with van der Waals surface area (Å²) in [6.07, 6.45) is 10.8. The van der Waals surface area contributed by atoms with Gasteiger partial charge < -0.3 is 20.1 Å². The Morgan fingerprint density at radius 2 is 1.97 bits per heavy atom. The Bertz CT molecular complexity index is 1300. The number of likely N-dealkylation sites (N-methyl/N-ethyl adjacent to an activating group) is 1. The molecule has 0 saturated carbocycles. The molecule has 37 heavy (non-hydrogen) atoms. The molecule has 0 spiro atoms. The molecule has 1 aliphatic rings. The summed E-state index contributed by atoms with van der Waals surface area (Å²) in [6.45, 7) is 4.39. The van der Waals surface area contributed by atoms with E-state index in [1.807, 2.05) is 6.20 Å². The van der Waals surface area contributed by atoms with Crippen LogP contribution in [0.25, 0.3) is 16.7 Å². The lowest BCUT2D eigenvalue weighted by Gasteiger charge is -2.28. The predicted octanol–water partition coefficient (Wildman–Crippen LogP) is 2.44. The molecule has 0 aliphatic carbocycles. The topological polar surface area (TPSA) is 140 Å². The van der Waals surface area contributed by atoms with Crippen LogP contribution < -0.4 is 0 Å². The molecule has 1 atom stereocenters. The van der Waals surface area contributed by atoms with E-state index in [2.05, 4.69) is 79.5 Å². The van der Waals surface area contributed by atoms with Gasteiger partial charge in [0, 0.05) is 37.3 Å². The van der Waals surface area contributed by atoms with Gasteiger partial charge in [-0.25, -0.2) is 24.2 Å². The predicted molar refractivity (Wildman–Crippen MR) is 137 cm³/mol. The second-order valence-corrected chi connectivity index (χ2v) is 9.12. The number of rotatable bonds is 8. The van der Waals surface area contributed by atoms with E-state index in [0.717, 1.165) is 37.4 Å². The molecule has 0 amide bonds. The maximum atomic E-state index is 9.10. The largest absolute Gasteiger partial charge is 0.473 e. The van der Waals surface area contributed by atoms with E-state index < -0.39 is 11.9 Å². The van der Waals surface area contributed by atoms with Crippen molar-refractivity contribution in [2.24, 2.45) is 0 Å². The Balaban J connectivity index is 0.000000480. The van der Waals surface area contributed by atoms with Crippen LogP contribution in [0.4, 0.5) is 0 Å². The summed E-state index contributed by atoms with van der Waals surface area (Å²) >= 11 is 0. The summed E-state index contributed by atoms with van der Waals surface area (Å²) in [5.41, 5.74) is 3.78. The zero-order valence-corrected chi connectivity index (χ0v) is 20.7. The molecular formula is C26H31N7O4. The Kier molecular flexibility index (Phi) is 8.60. The number of aromatic amines is 1. The number of likely N-dealkylation sites (tertiary alicyclic amines) is 1. The average molecular weight is 506 g/mol. The van der Waals surface area contributed by atoms with E-state index in [1.165, 1.54) is 42.2 Å². The third-order valence-corrected chi connectivity index (χ3v) is 6.46. The molecule has 1 aliphatic heterocycles. The van der Waals surface area contributed by atoms with Crippen molar-refractivity contribution in [3.8, 4) is 5.82 Å². The highest BCUT2D eigenvalue weighted by Gasteiger charge is 2.25. The van der Waals surface area contributed by atoms with Gasteiger partial charge in [-0.15, -0.1) is 0 Å². The molecule has 4 heterocycles. The SMILES string of the molecule is CN(Cc1ccccc1)C[C@@H]1CCCN1CCc1c[nH]c2cnc(-n3cncn3)cc12.O=C(O)C(=O)O. The Morgan fingerprint density at radius 3 is 2.68 bits per heavy atom. The van der Waals surface area contributed by atoms with Gasteiger partial charge in [0.15, 0.2) is 5.82 Å². The third-order valence-electron chi connectivity index (χ3n) is 6.46. The molecule has 1 fully saturated rings. The summed E-state index contributed by atoms with van der Waals surface area (Å²) in [4.78, 5) is 35.2. The van der Waals surface area contributed by atoms with E-state index in [4.69, 9.17) is 19.8 Å². The van der Waals surface area contributed by atoms with Crippen molar-refractivity contribution in [3.05, 3.63) is 72.6 Å². The Labute approximate surface area is 214 Å². The zero-order valence-electron chi connectivity index (χ0n) is 20.7. The number of carboxylic acid groups (broad SMARTS) is 2. The van der Waals surface area contributed by atoms with Crippen molar-refractivity contribution < 1.29 is 19.8 Å². The van der Waals surface area contributed by atoms with Crippen molar-refractivity contribution in [1.29, 1.82) is 0 Å².